The molecule has 2 heteroatoms. The lowest BCUT2D eigenvalue weighted by molar-refractivity contribution is 0.361. The van der Waals surface area contributed by atoms with Gasteiger partial charge in [0.15, 0.2) is 0 Å². The van der Waals surface area contributed by atoms with E-state index < -0.39 is 0 Å². The molecule has 64 valence electrons. The quantitative estimate of drug-likeness (QED) is 0.620. The zero-order valence-corrected chi connectivity index (χ0v) is 7.27. The van der Waals surface area contributed by atoms with Crippen molar-refractivity contribution in [3.05, 3.63) is 36.1 Å². The Morgan fingerprint density at radius 1 is 1.50 bits per heavy atom. The highest BCUT2D eigenvalue weighted by Gasteiger charge is 2.28. The fourth-order valence-corrected chi connectivity index (χ4v) is 1.98. The minimum Gasteiger partial charge on any atom is -0.373 e. The van der Waals surface area contributed by atoms with E-state index in [0.29, 0.717) is 18.5 Å². The largest absolute Gasteiger partial charge is 0.373 e. The summed E-state index contributed by atoms with van der Waals surface area (Å²) in [5, 5.41) is 0. The Hall–Kier alpha value is -1.02. The van der Waals surface area contributed by atoms with E-state index in [1.54, 1.807) is 0 Å². The van der Waals surface area contributed by atoms with Gasteiger partial charge in [0.05, 0.1) is 6.04 Å². The average molecular weight is 162 g/mol. The third-order valence-corrected chi connectivity index (χ3v) is 2.61. The van der Waals surface area contributed by atoms with Crippen LogP contribution in [-0.2, 0) is 0 Å². The van der Waals surface area contributed by atoms with Crippen LogP contribution in [0, 0.1) is 5.92 Å². The van der Waals surface area contributed by atoms with Gasteiger partial charge in [-0.15, -0.1) is 0 Å². The van der Waals surface area contributed by atoms with E-state index in [-0.39, 0.29) is 0 Å². The van der Waals surface area contributed by atoms with Crippen LogP contribution in [0.4, 0.5) is 0 Å². The number of allylic oxidation sites excluding steroid dienone is 2. The van der Waals surface area contributed by atoms with Gasteiger partial charge in [-0.25, -0.2) is 0 Å². The van der Waals surface area contributed by atoms with Crippen LogP contribution < -0.4 is 5.73 Å². The van der Waals surface area contributed by atoms with Crippen molar-refractivity contribution in [3.63, 3.8) is 0 Å². The second-order valence-corrected chi connectivity index (χ2v) is 3.36. The van der Waals surface area contributed by atoms with Gasteiger partial charge in [0.1, 0.15) is 0 Å². The van der Waals surface area contributed by atoms with Crippen molar-refractivity contribution in [2.24, 2.45) is 11.7 Å². The summed E-state index contributed by atoms with van der Waals surface area (Å²) in [6.07, 6.45) is 10.8. The first-order valence-electron chi connectivity index (χ1n) is 4.30. The third kappa shape index (κ3) is 0.994. The van der Waals surface area contributed by atoms with E-state index >= 15 is 0 Å². The van der Waals surface area contributed by atoms with Gasteiger partial charge >= 0.3 is 0 Å². The van der Waals surface area contributed by atoms with Crippen molar-refractivity contribution in [3.8, 4) is 0 Å². The molecule has 2 aliphatic rings. The summed E-state index contributed by atoms with van der Waals surface area (Å²) in [4.78, 5) is 2.23. The van der Waals surface area contributed by atoms with E-state index in [0.717, 1.165) is 0 Å². The highest BCUT2D eigenvalue weighted by Crippen LogP contribution is 2.29. The number of nitrogens with zero attached hydrogens (tertiary/aromatic N) is 1. The molecular formula is C10H14N2. The maximum Gasteiger partial charge on any atom is 0.0606 e. The van der Waals surface area contributed by atoms with Crippen molar-refractivity contribution in [1.82, 2.24) is 4.90 Å². The van der Waals surface area contributed by atoms with Crippen molar-refractivity contribution in [2.75, 3.05) is 13.6 Å². The molecule has 1 heterocycles. The Morgan fingerprint density at radius 2 is 2.33 bits per heavy atom. The summed E-state index contributed by atoms with van der Waals surface area (Å²) in [7, 11) is 2.10. The molecule has 1 aliphatic carbocycles. The number of likely N-dealkylation sites (N-methyl/N-ethyl adjacent to an activating group) is 1. The lowest BCUT2D eigenvalue weighted by Gasteiger charge is -2.29. The molecule has 12 heavy (non-hydrogen) atoms. The summed E-state index contributed by atoms with van der Waals surface area (Å²) in [5.74, 6) is 0.540. The average Bonchev–Trinajstić information content (AvgIpc) is 2.48. The molecule has 0 saturated heterocycles. The zero-order valence-electron chi connectivity index (χ0n) is 7.27. The van der Waals surface area contributed by atoms with Gasteiger partial charge in [-0.1, -0.05) is 24.3 Å². The molecule has 0 spiro atoms. The van der Waals surface area contributed by atoms with E-state index in [1.807, 2.05) is 0 Å². The molecule has 0 aromatic rings. The second kappa shape index (κ2) is 2.79. The van der Waals surface area contributed by atoms with Crippen LogP contribution in [0.15, 0.2) is 36.1 Å². The van der Waals surface area contributed by atoms with Crippen LogP contribution in [0.1, 0.15) is 0 Å². The second-order valence-electron chi connectivity index (χ2n) is 3.36. The summed E-state index contributed by atoms with van der Waals surface area (Å²) in [5.41, 5.74) is 6.99. The molecule has 0 saturated carbocycles. The monoisotopic (exact) mass is 162 g/mol. The molecule has 0 bridgehead atoms. The van der Waals surface area contributed by atoms with Crippen LogP contribution in [-0.4, -0.2) is 24.5 Å². The SMILES string of the molecule is CN1C=CC2C=CC=C(CN)C21. The molecular weight excluding hydrogens is 148 g/mol. The van der Waals surface area contributed by atoms with Crippen LogP contribution in [0.2, 0.25) is 0 Å². The Kier molecular flexibility index (Phi) is 1.77. The lowest BCUT2D eigenvalue weighted by Crippen LogP contribution is -2.34. The van der Waals surface area contributed by atoms with E-state index in [2.05, 4.69) is 42.5 Å². The normalized spacial score (nSPS) is 32.2. The lowest BCUT2D eigenvalue weighted by atomic mass is 9.90. The first-order chi connectivity index (χ1) is 5.83. The van der Waals surface area contributed by atoms with Gasteiger partial charge in [0, 0.05) is 19.5 Å². The maximum atomic E-state index is 5.66. The fourth-order valence-electron chi connectivity index (χ4n) is 1.98. The topological polar surface area (TPSA) is 29.3 Å². The van der Waals surface area contributed by atoms with E-state index in [4.69, 9.17) is 5.73 Å². The van der Waals surface area contributed by atoms with Crippen molar-refractivity contribution < 1.29 is 0 Å². The summed E-state index contributed by atoms with van der Waals surface area (Å²) in [6.45, 7) is 0.664. The third-order valence-electron chi connectivity index (χ3n) is 2.61. The van der Waals surface area contributed by atoms with Crippen LogP contribution in [0.3, 0.4) is 0 Å². The van der Waals surface area contributed by atoms with Gasteiger partial charge in [-0.2, -0.15) is 0 Å². The Morgan fingerprint density at radius 3 is 3.08 bits per heavy atom. The van der Waals surface area contributed by atoms with Crippen molar-refractivity contribution in [1.29, 1.82) is 0 Å². The van der Waals surface area contributed by atoms with Crippen LogP contribution >= 0.6 is 0 Å². The first-order valence-corrected chi connectivity index (χ1v) is 4.30. The smallest absolute Gasteiger partial charge is 0.0606 e. The summed E-state index contributed by atoms with van der Waals surface area (Å²) >= 11 is 0. The Labute approximate surface area is 73.0 Å². The van der Waals surface area contributed by atoms with Gasteiger partial charge in [0.2, 0.25) is 0 Å². The molecule has 0 radical (unpaired) electrons. The number of rotatable bonds is 1. The molecule has 2 nitrogen and oxygen atoms in total. The molecule has 0 fully saturated rings. The fraction of sp³-hybridized carbons (Fsp3) is 0.400. The molecule has 2 atom stereocenters. The van der Waals surface area contributed by atoms with Crippen LogP contribution in [0.5, 0.6) is 0 Å². The van der Waals surface area contributed by atoms with E-state index in [1.165, 1.54) is 5.57 Å². The van der Waals surface area contributed by atoms with Crippen molar-refractivity contribution in [2.45, 2.75) is 6.04 Å². The molecule has 0 aromatic heterocycles. The predicted octanol–water partition coefficient (Wildman–Crippen LogP) is 0.885. The van der Waals surface area contributed by atoms with Crippen molar-refractivity contribution >= 4 is 0 Å². The molecule has 2 rings (SSSR count). The summed E-state index contributed by atoms with van der Waals surface area (Å²) in [6, 6.07) is 0.486. The Bertz CT molecular complexity index is 263. The standard InChI is InChI=1S/C10H14N2/c1-12-6-5-8-3-2-4-9(7-11)10(8)12/h2-6,8,10H,7,11H2,1H3. The zero-order chi connectivity index (χ0) is 8.55. The number of hydrogen-bond donors (Lipinski definition) is 1. The summed E-state index contributed by atoms with van der Waals surface area (Å²) < 4.78 is 0. The molecule has 2 N–H and O–H groups in total. The van der Waals surface area contributed by atoms with Gasteiger partial charge in [0.25, 0.3) is 0 Å². The number of fused-ring (bicyclic) bond motifs is 1. The first kappa shape index (κ1) is 7.62. The van der Waals surface area contributed by atoms with Gasteiger partial charge < -0.3 is 10.6 Å². The minimum atomic E-state index is 0.486. The minimum absolute atomic E-state index is 0.486. The van der Waals surface area contributed by atoms with Gasteiger partial charge in [-0.3, -0.25) is 0 Å². The number of hydrogen-bond acceptors (Lipinski definition) is 2. The highest BCUT2D eigenvalue weighted by atomic mass is 15.1. The maximum absolute atomic E-state index is 5.66. The molecule has 0 amide bonds. The Balaban J connectivity index is 2.27. The van der Waals surface area contributed by atoms with Gasteiger partial charge in [-0.05, 0) is 11.8 Å². The van der Waals surface area contributed by atoms with E-state index in [9.17, 15) is 0 Å². The molecule has 2 unspecified atom stereocenters. The highest BCUT2D eigenvalue weighted by molar-refractivity contribution is 5.33. The molecule has 1 aliphatic heterocycles. The molecule has 0 aromatic carbocycles. The predicted molar refractivity (Wildman–Crippen MR) is 50.5 cm³/mol. The van der Waals surface area contributed by atoms with Crippen LogP contribution in [0.25, 0.3) is 0 Å². The number of nitrogens with two attached hydrogens (primary N) is 1.